The molecule has 0 fully saturated rings. The minimum atomic E-state index is -1.10. The minimum absolute atomic E-state index is 0.394. The van der Waals surface area contributed by atoms with Crippen LogP contribution in [0.15, 0.2) is 24.3 Å². The van der Waals surface area contributed by atoms with E-state index in [9.17, 15) is 19.4 Å². The lowest BCUT2D eigenvalue weighted by atomic mass is 9.97. The van der Waals surface area contributed by atoms with Crippen molar-refractivity contribution < 1.29 is 19.4 Å². The summed E-state index contributed by atoms with van der Waals surface area (Å²) in [7, 11) is 0. The number of aliphatic hydroxyl groups excluding tert-OH is 1. The van der Waals surface area contributed by atoms with Crippen LogP contribution < -0.4 is 0 Å². The Kier molecular flexibility index (Phi) is 4.52. The van der Waals surface area contributed by atoms with Gasteiger partial charge in [-0.3, -0.25) is 4.90 Å². The van der Waals surface area contributed by atoms with Gasteiger partial charge in [0.05, 0.1) is 12.1 Å². The molecule has 0 radical (unpaired) electrons. The molecule has 1 rings (SSSR count). The molecule has 5 heteroatoms. The maximum absolute atomic E-state index is 12.8. The first kappa shape index (κ1) is 15.4. The first-order chi connectivity index (χ1) is 8.64. The van der Waals surface area contributed by atoms with E-state index in [1.54, 1.807) is 27.7 Å². The number of hydrogen-bond donors (Lipinski definition) is 2. The number of nitrogens with zero attached hydrogens (tertiary/aromatic N) is 1. The van der Waals surface area contributed by atoms with Gasteiger partial charge in [0.15, 0.2) is 0 Å². The average molecular weight is 269 g/mol. The summed E-state index contributed by atoms with van der Waals surface area (Å²) in [6.07, 6.45) is -2.10. The molecular weight excluding hydrogens is 249 g/mol. The van der Waals surface area contributed by atoms with E-state index in [-0.39, 0.29) is 0 Å². The standard InChI is InChI=1S/C14H20FNO3/c1-9(16(13(18)19)14(2,3)4)12(17)10-5-7-11(15)8-6-10/h5-9,12,17H,1-4H3,(H,18,19)/t9-,12?/m0/s1. The van der Waals surface area contributed by atoms with Gasteiger partial charge in [-0.1, -0.05) is 12.1 Å². The van der Waals surface area contributed by atoms with Gasteiger partial charge >= 0.3 is 6.09 Å². The van der Waals surface area contributed by atoms with Crippen molar-refractivity contribution >= 4 is 6.09 Å². The minimum Gasteiger partial charge on any atom is -0.465 e. The van der Waals surface area contributed by atoms with Crippen molar-refractivity contribution in [2.24, 2.45) is 0 Å². The van der Waals surface area contributed by atoms with E-state index in [4.69, 9.17) is 0 Å². The molecule has 0 aliphatic rings. The Morgan fingerprint density at radius 1 is 1.26 bits per heavy atom. The van der Waals surface area contributed by atoms with Crippen LogP contribution in [0.3, 0.4) is 0 Å². The summed E-state index contributed by atoms with van der Waals surface area (Å²) < 4.78 is 12.8. The van der Waals surface area contributed by atoms with E-state index in [1.165, 1.54) is 29.2 Å². The maximum atomic E-state index is 12.8. The Hall–Kier alpha value is -1.62. The van der Waals surface area contributed by atoms with E-state index in [1.807, 2.05) is 0 Å². The van der Waals surface area contributed by atoms with E-state index in [0.717, 1.165) is 0 Å². The molecule has 19 heavy (non-hydrogen) atoms. The van der Waals surface area contributed by atoms with Crippen LogP contribution in [0.2, 0.25) is 0 Å². The molecule has 2 atom stereocenters. The highest BCUT2D eigenvalue weighted by atomic mass is 19.1. The van der Waals surface area contributed by atoms with E-state index >= 15 is 0 Å². The van der Waals surface area contributed by atoms with Gasteiger partial charge in [-0.15, -0.1) is 0 Å². The second-order valence-electron chi connectivity index (χ2n) is 5.56. The predicted octanol–water partition coefficient (Wildman–Crippen LogP) is 3.03. The van der Waals surface area contributed by atoms with Gasteiger partial charge < -0.3 is 10.2 Å². The number of aliphatic hydroxyl groups is 1. The molecule has 0 aliphatic heterocycles. The van der Waals surface area contributed by atoms with Crippen LogP contribution in [0.25, 0.3) is 0 Å². The summed E-state index contributed by atoms with van der Waals surface area (Å²) in [6, 6.07) is 4.77. The van der Waals surface area contributed by atoms with Crippen molar-refractivity contribution in [1.29, 1.82) is 0 Å². The molecule has 4 nitrogen and oxygen atoms in total. The lowest BCUT2D eigenvalue weighted by molar-refractivity contribution is 0.0141. The molecule has 0 saturated carbocycles. The molecule has 0 saturated heterocycles. The fourth-order valence-electron chi connectivity index (χ4n) is 2.15. The van der Waals surface area contributed by atoms with Crippen molar-refractivity contribution in [3.63, 3.8) is 0 Å². The maximum Gasteiger partial charge on any atom is 0.408 e. The Balaban J connectivity index is 3.00. The number of carbonyl (C=O) groups is 1. The van der Waals surface area contributed by atoms with Crippen LogP contribution in [0.4, 0.5) is 9.18 Å². The first-order valence-electron chi connectivity index (χ1n) is 6.10. The molecule has 2 N–H and O–H groups in total. The molecule has 1 amide bonds. The van der Waals surface area contributed by atoms with E-state index in [0.29, 0.717) is 5.56 Å². The van der Waals surface area contributed by atoms with E-state index < -0.39 is 29.6 Å². The molecule has 0 bridgehead atoms. The van der Waals surface area contributed by atoms with Gasteiger partial charge in [0.2, 0.25) is 0 Å². The zero-order chi connectivity index (χ0) is 14.8. The fourth-order valence-corrected chi connectivity index (χ4v) is 2.15. The van der Waals surface area contributed by atoms with Crippen LogP contribution in [0.1, 0.15) is 39.4 Å². The molecule has 1 aromatic rings. The van der Waals surface area contributed by atoms with Gasteiger partial charge in [0.25, 0.3) is 0 Å². The zero-order valence-electron chi connectivity index (χ0n) is 11.6. The molecule has 0 spiro atoms. The second kappa shape index (κ2) is 5.57. The number of hydrogen-bond acceptors (Lipinski definition) is 2. The predicted molar refractivity (Wildman–Crippen MR) is 70.4 cm³/mol. The lowest BCUT2D eigenvalue weighted by Gasteiger charge is -2.40. The number of benzene rings is 1. The van der Waals surface area contributed by atoms with Crippen LogP contribution in [0.5, 0.6) is 0 Å². The Bertz CT molecular complexity index is 439. The van der Waals surface area contributed by atoms with Crippen molar-refractivity contribution in [3.05, 3.63) is 35.6 Å². The largest absolute Gasteiger partial charge is 0.465 e. The van der Waals surface area contributed by atoms with Crippen LogP contribution in [-0.4, -0.2) is 32.8 Å². The summed E-state index contributed by atoms with van der Waals surface area (Å²) in [5.41, 5.74) is -0.142. The highest BCUT2D eigenvalue weighted by Crippen LogP contribution is 2.26. The topological polar surface area (TPSA) is 60.8 Å². The third kappa shape index (κ3) is 3.67. The average Bonchev–Trinajstić information content (AvgIpc) is 2.26. The summed E-state index contributed by atoms with van der Waals surface area (Å²) in [6.45, 7) is 6.91. The molecule has 1 aromatic carbocycles. The van der Waals surface area contributed by atoms with Gasteiger partial charge in [0.1, 0.15) is 5.82 Å². The van der Waals surface area contributed by atoms with Crippen LogP contribution >= 0.6 is 0 Å². The van der Waals surface area contributed by atoms with Gasteiger partial charge in [0, 0.05) is 5.54 Å². The van der Waals surface area contributed by atoms with Crippen LogP contribution in [0, 0.1) is 5.82 Å². The highest BCUT2D eigenvalue weighted by Gasteiger charge is 2.34. The lowest BCUT2D eigenvalue weighted by Crippen LogP contribution is -2.52. The first-order valence-corrected chi connectivity index (χ1v) is 6.10. The third-order valence-electron chi connectivity index (χ3n) is 3.00. The van der Waals surface area contributed by atoms with Gasteiger partial charge in [-0.25, -0.2) is 9.18 Å². The number of amides is 1. The molecule has 0 aliphatic carbocycles. The quantitative estimate of drug-likeness (QED) is 0.886. The Labute approximate surface area is 112 Å². The summed E-state index contributed by atoms with van der Waals surface area (Å²) >= 11 is 0. The SMILES string of the molecule is C[C@@H](C(O)c1ccc(F)cc1)N(C(=O)O)C(C)(C)C. The second-order valence-corrected chi connectivity index (χ2v) is 5.56. The molecule has 106 valence electrons. The molecule has 1 unspecified atom stereocenters. The molecule has 0 aromatic heterocycles. The summed E-state index contributed by atoms with van der Waals surface area (Å²) in [4.78, 5) is 12.5. The normalized spacial score (nSPS) is 14.8. The smallest absolute Gasteiger partial charge is 0.408 e. The number of carboxylic acid groups (broad SMARTS) is 1. The Morgan fingerprint density at radius 2 is 1.74 bits per heavy atom. The Morgan fingerprint density at radius 3 is 2.11 bits per heavy atom. The highest BCUT2D eigenvalue weighted by molar-refractivity contribution is 5.66. The zero-order valence-corrected chi connectivity index (χ0v) is 11.6. The van der Waals surface area contributed by atoms with Gasteiger partial charge in [-0.05, 0) is 45.4 Å². The number of halogens is 1. The number of rotatable bonds is 3. The molecule has 0 heterocycles. The van der Waals surface area contributed by atoms with Gasteiger partial charge in [-0.2, -0.15) is 0 Å². The summed E-state index contributed by atoms with van der Waals surface area (Å²) in [5.74, 6) is -0.394. The van der Waals surface area contributed by atoms with E-state index in [2.05, 4.69) is 0 Å². The van der Waals surface area contributed by atoms with Crippen molar-refractivity contribution in [3.8, 4) is 0 Å². The molecular formula is C14H20FNO3. The summed E-state index contributed by atoms with van der Waals surface area (Å²) in [5, 5.41) is 19.5. The van der Waals surface area contributed by atoms with Crippen molar-refractivity contribution in [1.82, 2.24) is 4.90 Å². The fraction of sp³-hybridized carbons (Fsp3) is 0.500. The third-order valence-corrected chi connectivity index (χ3v) is 3.00. The van der Waals surface area contributed by atoms with Crippen molar-refractivity contribution in [2.45, 2.75) is 45.4 Å². The monoisotopic (exact) mass is 269 g/mol. The van der Waals surface area contributed by atoms with Crippen molar-refractivity contribution in [2.75, 3.05) is 0 Å². The van der Waals surface area contributed by atoms with Crippen LogP contribution in [-0.2, 0) is 0 Å².